The lowest BCUT2D eigenvalue weighted by Crippen LogP contribution is -2.13. The fourth-order valence-electron chi connectivity index (χ4n) is 2.29. The van der Waals surface area contributed by atoms with Gasteiger partial charge < -0.3 is 4.74 Å². The third kappa shape index (κ3) is 2.16. The zero-order chi connectivity index (χ0) is 12.4. The molecule has 1 atom stereocenters. The second kappa shape index (κ2) is 4.58. The maximum absolute atomic E-state index is 12.3. The van der Waals surface area contributed by atoms with Gasteiger partial charge in [0.2, 0.25) is 0 Å². The fraction of sp³-hybridized carbons (Fsp3) is 0.429. The highest BCUT2D eigenvalue weighted by atomic mass is 16.5. The number of ketones is 1. The van der Waals surface area contributed by atoms with Crippen molar-refractivity contribution in [1.82, 2.24) is 0 Å². The molecule has 0 amide bonds. The molecule has 0 saturated heterocycles. The van der Waals surface area contributed by atoms with Crippen molar-refractivity contribution in [2.24, 2.45) is 5.92 Å². The van der Waals surface area contributed by atoms with E-state index in [1.165, 1.54) is 0 Å². The minimum absolute atomic E-state index is 0.0471. The molecule has 0 aliphatic carbocycles. The molecule has 0 fully saturated rings. The van der Waals surface area contributed by atoms with E-state index in [1.807, 2.05) is 26.0 Å². The molecule has 3 heteroatoms. The Morgan fingerprint density at radius 2 is 2.24 bits per heavy atom. The summed E-state index contributed by atoms with van der Waals surface area (Å²) < 4.78 is 5.65. The van der Waals surface area contributed by atoms with Gasteiger partial charge in [0.1, 0.15) is 5.75 Å². The van der Waals surface area contributed by atoms with E-state index in [-0.39, 0.29) is 18.1 Å². The van der Waals surface area contributed by atoms with Crippen LogP contribution in [0.5, 0.6) is 5.75 Å². The quantitative estimate of drug-likeness (QED) is 0.744. The number of nitrogens with zero attached hydrogens (tertiary/aromatic N) is 1. The molecule has 0 N–H and O–H groups in total. The first-order valence-electron chi connectivity index (χ1n) is 5.78. The van der Waals surface area contributed by atoms with Gasteiger partial charge in [-0.3, -0.25) is 4.79 Å². The zero-order valence-corrected chi connectivity index (χ0v) is 10.1. The van der Waals surface area contributed by atoms with Gasteiger partial charge in [0.05, 0.1) is 18.2 Å². The molecule has 0 radical (unpaired) electrons. The number of benzene rings is 1. The number of rotatable bonds is 1. The lowest BCUT2D eigenvalue weighted by Gasteiger charge is -2.11. The Kier molecular flexibility index (Phi) is 3.14. The van der Waals surface area contributed by atoms with Gasteiger partial charge in [-0.25, -0.2) is 0 Å². The summed E-state index contributed by atoms with van der Waals surface area (Å²) in [5.74, 6) is 0.523. The number of ether oxygens (including phenoxy) is 1. The first kappa shape index (κ1) is 11.7. The number of carbonyl (C=O) groups is 1. The molecule has 1 aliphatic rings. The monoisotopic (exact) mass is 229 g/mol. The molecule has 2 rings (SSSR count). The van der Waals surface area contributed by atoms with E-state index in [0.29, 0.717) is 24.3 Å². The largest absolute Gasteiger partial charge is 0.493 e. The molecular weight excluding hydrogens is 214 g/mol. The predicted octanol–water partition coefficient (Wildman–Crippen LogP) is 2.80. The van der Waals surface area contributed by atoms with Crippen molar-refractivity contribution >= 4 is 5.78 Å². The van der Waals surface area contributed by atoms with Crippen LogP contribution in [0.4, 0.5) is 0 Å². The van der Waals surface area contributed by atoms with Crippen molar-refractivity contribution < 1.29 is 9.53 Å². The van der Waals surface area contributed by atoms with Crippen molar-refractivity contribution in [3.8, 4) is 11.8 Å². The first-order chi connectivity index (χ1) is 8.13. The molecule has 0 bridgehead atoms. The Labute approximate surface area is 101 Å². The summed E-state index contributed by atoms with van der Waals surface area (Å²) in [4.78, 5) is 12.3. The van der Waals surface area contributed by atoms with Crippen LogP contribution in [0.1, 0.15) is 34.3 Å². The number of nitriles is 1. The normalized spacial score (nSPS) is 18.9. The summed E-state index contributed by atoms with van der Waals surface area (Å²) >= 11 is 0. The van der Waals surface area contributed by atoms with E-state index < -0.39 is 0 Å². The Hall–Kier alpha value is -1.82. The Morgan fingerprint density at radius 1 is 1.47 bits per heavy atom. The molecule has 0 spiro atoms. The number of carbonyl (C=O) groups excluding carboxylic acids is 1. The standard InChI is InChI=1S/C14H15NO2/c1-9-7-10(2)14-12(8-9)13(16)11(3-5-15)4-6-17-14/h7-8,11H,3-4,6H2,1-2H3. The van der Waals surface area contributed by atoms with E-state index in [1.54, 1.807) is 0 Å². The molecule has 0 saturated carbocycles. The van der Waals surface area contributed by atoms with Crippen molar-refractivity contribution in [3.63, 3.8) is 0 Å². The zero-order valence-electron chi connectivity index (χ0n) is 10.1. The van der Waals surface area contributed by atoms with Gasteiger partial charge in [-0.1, -0.05) is 6.07 Å². The predicted molar refractivity (Wildman–Crippen MR) is 64.1 cm³/mol. The van der Waals surface area contributed by atoms with Gasteiger partial charge >= 0.3 is 0 Å². The van der Waals surface area contributed by atoms with Gasteiger partial charge in [-0.15, -0.1) is 0 Å². The molecule has 1 unspecified atom stereocenters. The van der Waals surface area contributed by atoms with Crippen LogP contribution in [0, 0.1) is 31.1 Å². The summed E-state index contributed by atoms with van der Waals surface area (Å²) in [5.41, 5.74) is 2.68. The molecular formula is C14H15NO2. The summed E-state index contributed by atoms with van der Waals surface area (Å²) in [5, 5.41) is 8.74. The molecule has 1 aliphatic heterocycles. The molecule has 17 heavy (non-hydrogen) atoms. The lowest BCUT2D eigenvalue weighted by molar-refractivity contribution is 0.0918. The Balaban J connectivity index is 2.48. The molecule has 1 aromatic rings. The average Bonchev–Trinajstić information content (AvgIpc) is 2.42. The van der Waals surface area contributed by atoms with Crippen LogP contribution in [0.15, 0.2) is 12.1 Å². The van der Waals surface area contributed by atoms with Crippen molar-refractivity contribution in [3.05, 3.63) is 28.8 Å². The molecule has 0 aromatic heterocycles. The maximum Gasteiger partial charge on any atom is 0.170 e. The minimum Gasteiger partial charge on any atom is -0.493 e. The minimum atomic E-state index is -0.220. The SMILES string of the molecule is Cc1cc(C)c2c(c1)C(=O)C(CC#N)CCO2. The Bertz CT molecular complexity index is 500. The van der Waals surface area contributed by atoms with Gasteiger partial charge in [-0.2, -0.15) is 5.26 Å². The van der Waals surface area contributed by atoms with Crippen molar-refractivity contribution in [2.45, 2.75) is 26.7 Å². The smallest absolute Gasteiger partial charge is 0.170 e. The highest BCUT2D eigenvalue weighted by Gasteiger charge is 2.27. The summed E-state index contributed by atoms with van der Waals surface area (Å²) in [6.07, 6.45) is 0.897. The first-order valence-corrected chi connectivity index (χ1v) is 5.78. The Morgan fingerprint density at radius 3 is 2.94 bits per heavy atom. The summed E-state index contributed by atoms with van der Waals surface area (Å²) in [6.45, 7) is 4.42. The molecule has 1 heterocycles. The highest BCUT2D eigenvalue weighted by molar-refractivity contribution is 6.01. The number of hydrogen-bond acceptors (Lipinski definition) is 3. The molecule has 1 aromatic carbocycles. The van der Waals surface area contributed by atoms with Crippen LogP contribution in [-0.2, 0) is 0 Å². The molecule has 88 valence electrons. The van der Waals surface area contributed by atoms with Crippen LogP contribution in [0.25, 0.3) is 0 Å². The number of Topliss-reactive ketones (excluding diaryl/α,β-unsaturated/α-hetero) is 1. The van der Waals surface area contributed by atoms with Crippen LogP contribution < -0.4 is 4.74 Å². The lowest BCUT2D eigenvalue weighted by atomic mass is 9.91. The van der Waals surface area contributed by atoms with Gasteiger partial charge in [0, 0.05) is 12.3 Å². The van der Waals surface area contributed by atoms with E-state index in [9.17, 15) is 4.79 Å². The van der Waals surface area contributed by atoms with Gasteiger partial charge in [-0.05, 0) is 37.5 Å². The van der Waals surface area contributed by atoms with Gasteiger partial charge in [0.25, 0.3) is 0 Å². The van der Waals surface area contributed by atoms with Crippen molar-refractivity contribution in [1.29, 1.82) is 5.26 Å². The van der Waals surface area contributed by atoms with Crippen LogP contribution in [-0.4, -0.2) is 12.4 Å². The topological polar surface area (TPSA) is 50.1 Å². The van der Waals surface area contributed by atoms with Crippen LogP contribution >= 0.6 is 0 Å². The van der Waals surface area contributed by atoms with Gasteiger partial charge in [0.15, 0.2) is 5.78 Å². The van der Waals surface area contributed by atoms with E-state index in [0.717, 1.165) is 11.1 Å². The number of aryl methyl sites for hydroxylation is 2. The van der Waals surface area contributed by atoms with E-state index in [2.05, 4.69) is 6.07 Å². The number of hydrogen-bond donors (Lipinski definition) is 0. The summed E-state index contributed by atoms with van der Waals surface area (Å²) in [6, 6.07) is 5.95. The van der Waals surface area contributed by atoms with Crippen LogP contribution in [0.2, 0.25) is 0 Å². The highest BCUT2D eigenvalue weighted by Crippen LogP contribution is 2.32. The van der Waals surface area contributed by atoms with Crippen molar-refractivity contribution in [2.75, 3.05) is 6.61 Å². The second-order valence-corrected chi connectivity index (χ2v) is 4.52. The molecule has 3 nitrogen and oxygen atoms in total. The second-order valence-electron chi connectivity index (χ2n) is 4.52. The fourth-order valence-corrected chi connectivity index (χ4v) is 2.29. The summed E-state index contributed by atoms with van der Waals surface area (Å²) in [7, 11) is 0. The third-order valence-electron chi connectivity index (χ3n) is 3.11. The van der Waals surface area contributed by atoms with Crippen LogP contribution in [0.3, 0.4) is 0 Å². The third-order valence-corrected chi connectivity index (χ3v) is 3.11. The maximum atomic E-state index is 12.3. The van der Waals surface area contributed by atoms with E-state index in [4.69, 9.17) is 10.00 Å². The average molecular weight is 229 g/mol. The van der Waals surface area contributed by atoms with E-state index >= 15 is 0 Å². The number of fused-ring (bicyclic) bond motifs is 1.